The Kier molecular flexibility index (Phi) is 27.2. The van der Waals surface area contributed by atoms with Crippen LogP contribution in [0.3, 0.4) is 0 Å². The molecule has 0 aliphatic carbocycles. The molecular weight excluding hydrogens is 1090 g/mol. The molecule has 10 amide bonds. The first kappa shape index (κ1) is 66.1. The van der Waals surface area contributed by atoms with Crippen LogP contribution in [0.2, 0.25) is 0 Å². The van der Waals surface area contributed by atoms with Gasteiger partial charge in [-0.3, -0.25) is 47.9 Å². The number of carbonyl (C=O) groups excluding carboxylic acids is 10. The molecule has 442 valence electrons. The standard InChI is InChI=1S/C54H76N12O13S2/c1-31(68)59-40(27-34-17-21-36(70)22-18-34)50(76)66-45-53(79)64-39(26-33-15-19-35(69)20-16-33)47(73)58-28-44(71)60-42(29-67)51(77)63-41(25-32-11-5-4-6-12-32)49(75)65-43(30-80-81-54(45,2)3)52(78)62-38(14-8-10-24-56)48(74)61-37(46(57)72)13-7-9-23-55/h4-6,11-12,15-22,37-43,45,67,69-70H,7-10,13-14,23-30,55-56H2,1-3H3,(H2,57,72)(H,58,73)(H,59,68)(H,60,71)(H,61,74)(H,62,78)(H,63,77)(H,64,79)(H,65,75)(H,66,76)/t37-,38-,39-,40-,41+,42-,43+,45+/m0/s1. The summed E-state index contributed by atoms with van der Waals surface area (Å²) < 4.78 is -1.43. The number of amides is 10. The highest BCUT2D eigenvalue weighted by molar-refractivity contribution is 8.77. The number of aliphatic hydroxyl groups excluding tert-OH is 1. The monoisotopic (exact) mass is 1160 g/mol. The third-order valence-corrected chi connectivity index (χ3v) is 16.1. The molecule has 3 aromatic carbocycles. The lowest BCUT2D eigenvalue weighted by Gasteiger charge is -2.35. The van der Waals surface area contributed by atoms with E-state index in [0.29, 0.717) is 48.9 Å². The summed E-state index contributed by atoms with van der Waals surface area (Å²) in [6, 6.07) is 8.55. The number of hydrogen-bond donors (Lipinski definition) is 15. The summed E-state index contributed by atoms with van der Waals surface area (Å²) in [5, 5.41) is 53.7. The maximum Gasteiger partial charge on any atom is 0.245 e. The number of phenols is 2. The van der Waals surface area contributed by atoms with Gasteiger partial charge < -0.3 is 80.4 Å². The van der Waals surface area contributed by atoms with E-state index in [1.165, 1.54) is 55.5 Å². The molecule has 81 heavy (non-hydrogen) atoms. The molecule has 8 atom stereocenters. The summed E-state index contributed by atoms with van der Waals surface area (Å²) in [5.74, 6) is -9.11. The van der Waals surface area contributed by atoms with Gasteiger partial charge in [-0.05, 0) is 106 Å². The molecule has 0 bridgehead atoms. The minimum absolute atomic E-state index is 0.0358. The van der Waals surface area contributed by atoms with Gasteiger partial charge >= 0.3 is 0 Å². The fraction of sp³-hybridized carbons (Fsp3) is 0.481. The van der Waals surface area contributed by atoms with Crippen LogP contribution >= 0.6 is 21.6 Å². The second kappa shape index (κ2) is 33.3. The molecule has 1 saturated heterocycles. The summed E-state index contributed by atoms with van der Waals surface area (Å²) in [7, 11) is 1.93. The van der Waals surface area contributed by atoms with Crippen molar-refractivity contribution in [3.05, 3.63) is 95.6 Å². The molecule has 27 heteroatoms. The zero-order valence-corrected chi connectivity index (χ0v) is 47.1. The van der Waals surface area contributed by atoms with Gasteiger partial charge in [0.05, 0.1) is 13.2 Å². The van der Waals surface area contributed by atoms with Gasteiger partial charge in [-0.25, -0.2) is 0 Å². The Balaban J connectivity index is 1.84. The number of nitrogens with one attached hydrogen (secondary N) is 9. The first-order chi connectivity index (χ1) is 38.5. The largest absolute Gasteiger partial charge is 0.508 e. The SMILES string of the molecule is CC(=O)N[C@@H](Cc1ccc(O)cc1)C(=O)N[C@@H]1C(=O)N[C@@H](Cc2ccc(O)cc2)C(=O)NCC(=O)N[C@@H](CO)C(=O)N[C@H](Cc2ccccc2)C(=O)N[C@@H](C(=O)N[C@@H](CCCCN)C(=O)N[C@@H](CCCCN)C(N)=O)CSSC1(C)C. The number of primary amides is 1. The normalized spacial score (nSPS) is 20.5. The van der Waals surface area contributed by atoms with E-state index < -0.39 is 125 Å². The highest BCUT2D eigenvalue weighted by Crippen LogP contribution is 2.39. The van der Waals surface area contributed by atoms with E-state index in [1.807, 2.05) is 0 Å². The zero-order chi connectivity index (χ0) is 59.6. The molecule has 1 heterocycles. The molecule has 1 fully saturated rings. The molecule has 0 saturated carbocycles. The third kappa shape index (κ3) is 22.5. The highest BCUT2D eigenvalue weighted by atomic mass is 33.1. The van der Waals surface area contributed by atoms with Crippen LogP contribution in [0, 0.1) is 0 Å². The van der Waals surface area contributed by atoms with Crippen LogP contribution in [0.4, 0.5) is 0 Å². The van der Waals surface area contributed by atoms with Crippen LogP contribution in [-0.4, -0.2) is 159 Å². The van der Waals surface area contributed by atoms with Gasteiger partial charge in [0.15, 0.2) is 0 Å². The summed E-state index contributed by atoms with van der Waals surface area (Å²) in [4.78, 5) is 139. The Labute approximate surface area is 477 Å². The van der Waals surface area contributed by atoms with Crippen molar-refractivity contribution in [3.63, 3.8) is 0 Å². The van der Waals surface area contributed by atoms with Crippen molar-refractivity contribution in [2.45, 2.75) is 132 Å². The van der Waals surface area contributed by atoms with Gasteiger partial charge in [-0.15, -0.1) is 0 Å². The van der Waals surface area contributed by atoms with Crippen LogP contribution in [0.1, 0.15) is 76.0 Å². The molecule has 1 aliphatic heterocycles. The number of aliphatic hydroxyl groups is 1. The lowest BCUT2D eigenvalue weighted by Crippen LogP contribution is -2.63. The zero-order valence-electron chi connectivity index (χ0n) is 45.5. The van der Waals surface area contributed by atoms with Gasteiger partial charge in [0.2, 0.25) is 59.1 Å². The van der Waals surface area contributed by atoms with Crippen LogP contribution in [0.15, 0.2) is 78.9 Å². The van der Waals surface area contributed by atoms with Crippen molar-refractivity contribution in [1.29, 1.82) is 0 Å². The van der Waals surface area contributed by atoms with E-state index in [4.69, 9.17) is 17.2 Å². The predicted molar refractivity (Wildman–Crippen MR) is 304 cm³/mol. The number of carbonyl (C=O) groups is 10. The fourth-order valence-corrected chi connectivity index (χ4v) is 11.2. The average molecular weight is 1170 g/mol. The lowest BCUT2D eigenvalue weighted by atomic mass is 9.98. The number of rotatable bonds is 23. The third-order valence-electron chi connectivity index (χ3n) is 12.8. The second-order valence-electron chi connectivity index (χ2n) is 19.9. The number of phenolic OH excluding ortho intramolecular Hbond substituents is 2. The fourth-order valence-electron chi connectivity index (χ4n) is 8.36. The van der Waals surface area contributed by atoms with E-state index >= 15 is 0 Å². The number of aromatic hydroxyl groups is 2. The molecule has 0 unspecified atom stereocenters. The van der Waals surface area contributed by atoms with Crippen molar-refractivity contribution in [2.75, 3.05) is 32.0 Å². The van der Waals surface area contributed by atoms with Crippen molar-refractivity contribution >= 4 is 80.7 Å². The van der Waals surface area contributed by atoms with Gasteiger partial charge in [0.25, 0.3) is 0 Å². The summed E-state index contributed by atoms with van der Waals surface area (Å²) in [6.45, 7) is 3.17. The molecule has 18 N–H and O–H groups in total. The number of hydrogen-bond acceptors (Lipinski definition) is 17. The van der Waals surface area contributed by atoms with Crippen LogP contribution in [0.25, 0.3) is 0 Å². The van der Waals surface area contributed by atoms with Crippen LogP contribution in [-0.2, 0) is 67.2 Å². The van der Waals surface area contributed by atoms with Crippen molar-refractivity contribution < 1.29 is 63.3 Å². The van der Waals surface area contributed by atoms with E-state index in [9.17, 15) is 63.3 Å². The number of nitrogens with two attached hydrogens (primary N) is 3. The quantitative estimate of drug-likeness (QED) is 0.0362. The van der Waals surface area contributed by atoms with E-state index in [-0.39, 0.29) is 55.9 Å². The molecular formula is C54H76N12O13S2. The summed E-state index contributed by atoms with van der Waals surface area (Å²) >= 11 is 0. The lowest BCUT2D eigenvalue weighted by molar-refractivity contribution is -0.135. The number of benzene rings is 3. The molecule has 4 rings (SSSR count). The van der Waals surface area contributed by atoms with Crippen molar-refractivity contribution in [1.82, 2.24) is 47.9 Å². The molecule has 0 spiro atoms. The second-order valence-corrected chi connectivity index (χ2v) is 22.9. The molecule has 0 radical (unpaired) electrons. The van der Waals surface area contributed by atoms with Gasteiger partial charge in [-0.1, -0.05) is 76.2 Å². The number of unbranched alkanes of at least 4 members (excludes halogenated alkanes) is 2. The maximum atomic E-state index is 14.9. The summed E-state index contributed by atoms with van der Waals surface area (Å²) in [6.07, 6.45) is 1.50. The Morgan fingerprint density at radius 1 is 0.642 bits per heavy atom. The predicted octanol–water partition coefficient (Wildman–Crippen LogP) is -1.95. The maximum absolute atomic E-state index is 14.9. The van der Waals surface area contributed by atoms with E-state index in [1.54, 1.807) is 44.2 Å². The first-order valence-electron chi connectivity index (χ1n) is 26.4. The first-order valence-corrected chi connectivity index (χ1v) is 28.7. The van der Waals surface area contributed by atoms with Gasteiger partial charge in [0.1, 0.15) is 59.8 Å². The Bertz CT molecular complexity index is 2620. The summed E-state index contributed by atoms with van der Waals surface area (Å²) in [5.41, 5.74) is 18.6. The minimum atomic E-state index is -1.68. The molecule has 25 nitrogen and oxygen atoms in total. The van der Waals surface area contributed by atoms with Crippen LogP contribution in [0.5, 0.6) is 11.5 Å². The van der Waals surface area contributed by atoms with Gasteiger partial charge in [-0.2, -0.15) is 0 Å². The Morgan fingerprint density at radius 3 is 1.75 bits per heavy atom. The smallest absolute Gasteiger partial charge is 0.245 e. The topological polar surface area (TPSA) is 418 Å². The molecule has 0 aromatic heterocycles. The minimum Gasteiger partial charge on any atom is -0.508 e. The van der Waals surface area contributed by atoms with E-state index in [0.717, 1.165) is 21.6 Å². The molecule has 1 aliphatic rings. The van der Waals surface area contributed by atoms with Gasteiger partial charge in [0, 0.05) is 36.7 Å². The Hall–Kier alpha value is -7.46. The average Bonchev–Trinajstić information content (AvgIpc) is 3.45. The van der Waals surface area contributed by atoms with E-state index in [2.05, 4.69) is 47.9 Å². The van der Waals surface area contributed by atoms with Crippen molar-refractivity contribution in [3.8, 4) is 11.5 Å². The molecule has 3 aromatic rings. The van der Waals surface area contributed by atoms with Crippen molar-refractivity contribution in [2.24, 2.45) is 17.2 Å². The highest BCUT2D eigenvalue weighted by Gasteiger charge is 2.42. The van der Waals surface area contributed by atoms with Crippen LogP contribution < -0.4 is 65.1 Å². The Morgan fingerprint density at radius 2 is 1.19 bits per heavy atom.